The number of aromatic nitrogens is 1. The highest BCUT2D eigenvalue weighted by Crippen LogP contribution is 2.14. The molecule has 90 valence electrons. The van der Waals surface area contributed by atoms with E-state index in [2.05, 4.69) is 9.88 Å². The number of nitrogens with zero attached hydrogens (tertiary/aromatic N) is 1. The van der Waals surface area contributed by atoms with Crippen LogP contribution in [0.3, 0.4) is 0 Å². The van der Waals surface area contributed by atoms with Gasteiger partial charge in [0.2, 0.25) is 0 Å². The Morgan fingerprint density at radius 3 is 2.53 bits per heavy atom. The molecule has 0 spiro atoms. The van der Waals surface area contributed by atoms with Crippen molar-refractivity contribution in [3.05, 3.63) is 53.9 Å². The summed E-state index contributed by atoms with van der Waals surface area (Å²) in [4.78, 5) is 0. The average molecular weight is 236 g/mol. The van der Waals surface area contributed by atoms with Crippen molar-refractivity contribution >= 4 is 5.69 Å². The Morgan fingerprint density at radius 1 is 1.18 bits per heavy atom. The minimum Gasteiger partial charge on any atom is -0.379 e. The maximum Gasteiger partial charge on any atom is 0.128 e. The second kappa shape index (κ2) is 4.99. The molecular formula is C13H14F2N2. The molecule has 17 heavy (non-hydrogen) atoms. The van der Waals surface area contributed by atoms with Crippen LogP contribution in [0.5, 0.6) is 0 Å². The molecule has 0 aliphatic heterocycles. The first-order valence-corrected chi connectivity index (χ1v) is 5.53. The smallest absolute Gasteiger partial charge is 0.128 e. The van der Waals surface area contributed by atoms with Crippen LogP contribution in [0.15, 0.2) is 36.5 Å². The van der Waals surface area contributed by atoms with Crippen molar-refractivity contribution in [3.8, 4) is 0 Å². The van der Waals surface area contributed by atoms with Crippen molar-refractivity contribution in [1.82, 2.24) is 4.57 Å². The van der Waals surface area contributed by atoms with Crippen molar-refractivity contribution in [2.24, 2.45) is 0 Å². The van der Waals surface area contributed by atoms with Crippen LogP contribution in [0, 0.1) is 11.6 Å². The monoisotopic (exact) mass is 236 g/mol. The van der Waals surface area contributed by atoms with Gasteiger partial charge in [-0.1, -0.05) is 0 Å². The zero-order valence-corrected chi connectivity index (χ0v) is 9.58. The summed E-state index contributed by atoms with van der Waals surface area (Å²) in [5.41, 5.74) is 1.53. The Balaban J connectivity index is 2.07. The first-order valence-electron chi connectivity index (χ1n) is 5.53. The highest BCUT2D eigenvalue weighted by Gasteiger charge is 2.02. The van der Waals surface area contributed by atoms with E-state index in [4.69, 9.17) is 0 Å². The van der Waals surface area contributed by atoms with Crippen molar-refractivity contribution < 1.29 is 8.78 Å². The minimum absolute atomic E-state index is 0.450. The van der Waals surface area contributed by atoms with E-state index in [0.29, 0.717) is 12.2 Å². The lowest BCUT2D eigenvalue weighted by atomic mass is 10.3. The number of hydrogen-bond acceptors (Lipinski definition) is 1. The fourth-order valence-electron chi connectivity index (χ4n) is 1.77. The van der Waals surface area contributed by atoms with Gasteiger partial charge in [0.1, 0.15) is 11.6 Å². The van der Waals surface area contributed by atoms with Gasteiger partial charge < -0.3 is 9.88 Å². The predicted molar refractivity (Wildman–Crippen MR) is 63.8 cm³/mol. The molecule has 0 aliphatic rings. The zero-order chi connectivity index (χ0) is 12.3. The normalized spacial score (nSPS) is 10.5. The van der Waals surface area contributed by atoms with Crippen LogP contribution in [0.4, 0.5) is 14.5 Å². The minimum atomic E-state index is -0.571. The summed E-state index contributed by atoms with van der Waals surface area (Å²) in [7, 11) is 0. The van der Waals surface area contributed by atoms with Gasteiger partial charge in [0.15, 0.2) is 0 Å². The summed E-state index contributed by atoms with van der Waals surface area (Å²) in [5.74, 6) is -1.14. The van der Waals surface area contributed by atoms with E-state index in [1.807, 2.05) is 25.3 Å². The molecule has 1 aromatic heterocycles. The lowest BCUT2D eigenvalue weighted by Crippen LogP contribution is -2.06. The highest BCUT2D eigenvalue weighted by molar-refractivity contribution is 5.44. The van der Waals surface area contributed by atoms with Gasteiger partial charge in [-0.15, -0.1) is 0 Å². The van der Waals surface area contributed by atoms with Crippen LogP contribution in [0.2, 0.25) is 0 Å². The molecule has 0 fully saturated rings. The van der Waals surface area contributed by atoms with Gasteiger partial charge in [0.05, 0.1) is 6.54 Å². The molecule has 0 saturated carbocycles. The third kappa shape index (κ3) is 2.84. The standard InChI is InChI=1S/C13H14F2N2/c1-2-17-5-3-4-13(17)9-16-12-7-10(14)6-11(15)8-12/h3-8,16H,2,9H2,1H3. The number of anilines is 1. The Bertz CT molecular complexity index is 486. The van der Waals surface area contributed by atoms with E-state index < -0.39 is 11.6 Å². The first-order chi connectivity index (χ1) is 8.19. The van der Waals surface area contributed by atoms with Crippen LogP contribution in [-0.2, 0) is 13.1 Å². The lowest BCUT2D eigenvalue weighted by Gasteiger charge is -2.09. The SMILES string of the molecule is CCn1cccc1CNc1cc(F)cc(F)c1. The molecule has 1 heterocycles. The molecule has 0 bridgehead atoms. The summed E-state index contributed by atoms with van der Waals surface area (Å²) >= 11 is 0. The molecule has 1 aromatic carbocycles. The topological polar surface area (TPSA) is 17.0 Å². The van der Waals surface area contributed by atoms with E-state index in [1.165, 1.54) is 12.1 Å². The summed E-state index contributed by atoms with van der Waals surface area (Å²) in [6.45, 7) is 3.47. The highest BCUT2D eigenvalue weighted by atomic mass is 19.1. The lowest BCUT2D eigenvalue weighted by molar-refractivity contribution is 0.584. The van der Waals surface area contributed by atoms with Gasteiger partial charge in [-0.25, -0.2) is 8.78 Å². The third-order valence-corrected chi connectivity index (χ3v) is 2.60. The van der Waals surface area contributed by atoms with Gasteiger partial charge >= 0.3 is 0 Å². The average Bonchev–Trinajstić information content (AvgIpc) is 2.72. The van der Waals surface area contributed by atoms with E-state index in [9.17, 15) is 8.78 Å². The van der Waals surface area contributed by atoms with Gasteiger partial charge in [0.25, 0.3) is 0 Å². The van der Waals surface area contributed by atoms with Crippen molar-refractivity contribution in [2.75, 3.05) is 5.32 Å². The molecule has 2 nitrogen and oxygen atoms in total. The Hall–Kier alpha value is -1.84. The number of halogens is 2. The number of rotatable bonds is 4. The van der Waals surface area contributed by atoms with E-state index >= 15 is 0 Å². The number of benzene rings is 1. The van der Waals surface area contributed by atoms with Crippen LogP contribution in [-0.4, -0.2) is 4.57 Å². The van der Waals surface area contributed by atoms with Crippen LogP contribution in [0.25, 0.3) is 0 Å². The van der Waals surface area contributed by atoms with Gasteiger partial charge in [-0.05, 0) is 31.2 Å². The largest absolute Gasteiger partial charge is 0.379 e. The molecule has 0 saturated heterocycles. The quantitative estimate of drug-likeness (QED) is 0.860. The summed E-state index contributed by atoms with van der Waals surface area (Å²) < 4.78 is 28.0. The Labute approximate surface area is 98.9 Å². The molecule has 2 aromatic rings. The number of nitrogens with one attached hydrogen (secondary N) is 1. The predicted octanol–water partition coefficient (Wildman–Crippen LogP) is 3.40. The van der Waals surface area contributed by atoms with Gasteiger partial charge in [-0.2, -0.15) is 0 Å². The summed E-state index contributed by atoms with van der Waals surface area (Å²) in [6, 6.07) is 7.35. The fraction of sp³-hybridized carbons (Fsp3) is 0.231. The molecule has 0 amide bonds. The fourth-order valence-corrected chi connectivity index (χ4v) is 1.77. The molecule has 0 unspecified atom stereocenters. The third-order valence-electron chi connectivity index (χ3n) is 2.60. The van der Waals surface area contributed by atoms with Crippen molar-refractivity contribution in [2.45, 2.75) is 20.0 Å². The van der Waals surface area contributed by atoms with E-state index in [0.717, 1.165) is 18.3 Å². The maximum atomic E-state index is 13.0. The number of hydrogen-bond donors (Lipinski definition) is 1. The second-order valence-corrected chi connectivity index (χ2v) is 3.80. The second-order valence-electron chi connectivity index (χ2n) is 3.80. The molecule has 0 aliphatic carbocycles. The summed E-state index contributed by atoms with van der Waals surface area (Å²) in [6.07, 6.45) is 1.98. The Kier molecular flexibility index (Phi) is 3.42. The van der Waals surface area contributed by atoms with Crippen molar-refractivity contribution in [1.29, 1.82) is 0 Å². The Morgan fingerprint density at radius 2 is 1.88 bits per heavy atom. The summed E-state index contributed by atoms with van der Waals surface area (Å²) in [5, 5.41) is 3.00. The molecule has 0 radical (unpaired) electrons. The molecule has 4 heteroatoms. The van der Waals surface area contributed by atoms with E-state index in [-0.39, 0.29) is 0 Å². The molecule has 0 atom stereocenters. The van der Waals surface area contributed by atoms with Crippen molar-refractivity contribution in [3.63, 3.8) is 0 Å². The molecule has 1 N–H and O–H groups in total. The van der Waals surface area contributed by atoms with Crippen LogP contribution < -0.4 is 5.32 Å². The first kappa shape index (κ1) is 11.6. The zero-order valence-electron chi connectivity index (χ0n) is 9.58. The van der Waals surface area contributed by atoms with E-state index in [1.54, 1.807) is 0 Å². The molecular weight excluding hydrogens is 222 g/mol. The maximum absolute atomic E-state index is 13.0. The van der Waals surface area contributed by atoms with Gasteiger partial charge in [-0.3, -0.25) is 0 Å². The molecule has 2 rings (SSSR count). The van der Waals surface area contributed by atoms with Crippen LogP contribution in [0.1, 0.15) is 12.6 Å². The van der Waals surface area contributed by atoms with Gasteiger partial charge in [0, 0.05) is 30.2 Å². The number of aryl methyl sites for hydroxylation is 1. The van der Waals surface area contributed by atoms with Crippen LogP contribution >= 0.6 is 0 Å².